The highest BCUT2D eigenvalue weighted by atomic mass is 35.5. The topological polar surface area (TPSA) is 275 Å². The van der Waals surface area contributed by atoms with Crippen LogP contribution in [-0.4, -0.2) is 109 Å². The average molecular weight is 1510 g/mol. The van der Waals surface area contributed by atoms with Crippen molar-refractivity contribution in [3.63, 3.8) is 0 Å². The molecule has 0 spiro atoms. The molecule has 1 atom stereocenters. The van der Waals surface area contributed by atoms with Crippen LogP contribution in [0.5, 0.6) is 0 Å². The van der Waals surface area contributed by atoms with Crippen molar-refractivity contribution in [3.05, 3.63) is 252 Å². The van der Waals surface area contributed by atoms with Crippen molar-refractivity contribution in [2.24, 2.45) is 20.1 Å². The monoisotopic (exact) mass is 1510 g/mol. The van der Waals surface area contributed by atoms with Gasteiger partial charge in [0, 0.05) is 112 Å². The number of aliphatic imine (C=N–C) groups is 3. The van der Waals surface area contributed by atoms with E-state index in [2.05, 4.69) is 61.8 Å². The quantitative estimate of drug-likeness (QED) is 0.0446. The summed E-state index contributed by atoms with van der Waals surface area (Å²) in [6, 6.07) is 59.6. The molecule has 0 saturated heterocycles. The first-order chi connectivity index (χ1) is 51.2. The summed E-state index contributed by atoms with van der Waals surface area (Å²) in [7, 11) is 0. The normalized spacial score (nSPS) is 14.2. The molecule has 0 saturated carbocycles. The second-order valence-electron chi connectivity index (χ2n) is 25.0. The van der Waals surface area contributed by atoms with Crippen molar-refractivity contribution in [2.45, 2.75) is 73.8 Å². The Balaban J connectivity index is 0.000000135. The number of aliphatic carboxylic acids is 1. The molecule has 107 heavy (non-hydrogen) atoms. The molecule has 0 bridgehead atoms. The second kappa shape index (κ2) is 34.5. The number of amides is 1. The zero-order valence-electron chi connectivity index (χ0n) is 57.3. The highest BCUT2D eigenvalue weighted by molar-refractivity contribution is 7.12. The molecule has 9 heterocycles. The van der Waals surface area contributed by atoms with Crippen molar-refractivity contribution in [3.8, 4) is 16.9 Å². The van der Waals surface area contributed by atoms with Crippen LogP contribution in [0, 0.1) is 20.8 Å². The van der Waals surface area contributed by atoms with Crippen molar-refractivity contribution in [2.75, 3.05) is 55.2 Å². The molecular formula is C81H79Cl3N16O6S. The first-order valence-corrected chi connectivity index (χ1v) is 36.2. The van der Waals surface area contributed by atoms with Crippen LogP contribution in [0.2, 0.25) is 15.1 Å². The molecule has 17 rings (SSSR count). The van der Waals surface area contributed by atoms with Crippen molar-refractivity contribution in [1.29, 1.82) is 0 Å². The number of carbonyl (C=O) groups is 2. The lowest BCUT2D eigenvalue weighted by Crippen LogP contribution is -2.30. The predicted octanol–water partition coefficient (Wildman–Crippen LogP) is 18.8. The molecule has 5 aromatic heterocycles. The van der Waals surface area contributed by atoms with E-state index in [1.54, 1.807) is 11.3 Å². The van der Waals surface area contributed by atoms with Gasteiger partial charge < -0.3 is 50.3 Å². The van der Waals surface area contributed by atoms with Crippen LogP contribution < -0.4 is 31.9 Å². The van der Waals surface area contributed by atoms with Gasteiger partial charge in [-0.05, 0) is 183 Å². The number of aromatic nitrogens is 5. The number of oxazole rings is 3. The van der Waals surface area contributed by atoms with E-state index in [1.165, 1.54) is 5.01 Å². The molecule has 4 aliphatic heterocycles. The molecule has 7 N–H and O–H groups in total. The number of nitrogens with one attached hydrogen (secondary N) is 6. The van der Waals surface area contributed by atoms with E-state index < -0.39 is 5.97 Å². The van der Waals surface area contributed by atoms with Crippen LogP contribution >= 0.6 is 46.1 Å². The summed E-state index contributed by atoms with van der Waals surface area (Å²) in [5, 5.41) is 43.7. The molecule has 0 fully saturated rings. The maximum absolute atomic E-state index is 13.3. The number of hydrazone groups is 1. The summed E-state index contributed by atoms with van der Waals surface area (Å²) < 4.78 is 19.2. The minimum absolute atomic E-state index is 0. The summed E-state index contributed by atoms with van der Waals surface area (Å²) >= 11 is 19.7. The number of anilines is 6. The Hall–Kier alpha value is -11.6. The number of halogens is 3. The number of aryl methyl sites for hydroxylation is 3. The molecular weight excluding hydrogens is 1430 g/mol. The van der Waals surface area contributed by atoms with Crippen LogP contribution in [-0.2, 0) is 9.59 Å². The van der Waals surface area contributed by atoms with Gasteiger partial charge >= 0.3 is 5.97 Å². The maximum Gasteiger partial charge on any atom is 0.303 e. The first-order valence-electron chi connectivity index (χ1n) is 34.2. The van der Waals surface area contributed by atoms with E-state index in [-0.39, 0.29) is 46.1 Å². The molecule has 22 nitrogen and oxygen atoms in total. The van der Waals surface area contributed by atoms with Gasteiger partial charge in [-0.2, -0.15) is 25.2 Å². The molecule has 1 unspecified atom stereocenters. The van der Waals surface area contributed by atoms with Crippen molar-refractivity contribution in [1.82, 2.24) is 45.7 Å². The van der Waals surface area contributed by atoms with Crippen LogP contribution in [0.15, 0.2) is 227 Å². The Morgan fingerprint density at radius 1 is 0.542 bits per heavy atom. The number of rotatable bonds is 17. The van der Waals surface area contributed by atoms with Gasteiger partial charge in [0.05, 0.1) is 41.1 Å². The highest BCUT2D eigenvalue weighted by Gasteiger charge is 2.36. The van der Waals surface area contributed by atoms with Gasteiger partial charge in [-0.15, -0.1) is 11.3 Å². The molecule has 0 aliphatic carbocycles. The summed E-state index contributed by atoms with van der Waals surface area (Å²) in [6.45, 7) is 11.1. The number of fused-ring (bicyclic) bond motifs is 3. The number of benzene rings is 8. The number of thiophene rings is 1. The van der Waals surface area contributed by atoms with Gasteiger partial charge in [-0.25, -0.2) is 9.69 Å². The number of nitrogens with zero attached hydrogens (tertiary/aromatic N) is 10. The number of hydrogen-bond donors (Lipinski definition) is 7. The lowest BCUT2D eigenvalue weighted by atomic mass is 9.98. The predicted molar refractivity (Wildman–Crippen MR) is 432 cm³/mol. The second-order valence-corrected chi connectivity index (χ2v) is 27.2. The van der Waals surface area contributed by atoms with Gasteiger partial charge in [0.1, 0.15) is 34.1 Å². The van der Waals surface area contributed by atoms with E-state index in [0.29, 0.717) is 24.5 Å². The third-order valence-electron chi connectivity index (χ3n) is 17.4. The van der Waals surface area contributed by atoms with Crippen LogP contribution in [0.25, 0.3) is 50.2 Å². The fourth-order valence-corrected chi connectivity index (χ4v) is 13.1. The van der Waals surface area contributed by atoms with E-state index in [0.717, 1.165) is 195 Å². The Kier molecular flexibility index (Phi) is 24.2. The van der Waals surface area contributed by atoms with Gasteiger partial charge in [0.25, 0.3) is 18.0 Å². The summed E-state index contributed by atoms with van der Waals surface area (Å²) in [4.78, 5) is 52.1. The molecule has 546 valence electrons. The maximum atomic E-state index is 13.3. The molecule has 13 aromatic rings. The Labute approximate surface area is 637 Å². The average Bonchev–Trinajstić information content (AvgIpc) is 1.62. The Morgan fingerprint density at radius 3 is 1.54 bits per heavy atom. The number of hydrogen-bond acceptors (Lipinski definition) is 20. The fraction of sp³-hybridized carbons (Fsp3) is 0.210. The summed E-state index contributed by atoms with van der Waals surface area (Å²) in [5.41, 5.74) is 17.8. The zero-order chi connectivity index (χ0) is 72.3. The van der Waals surface area contributed by atoms with Crippen LogP contribution in [0.3, 0.4) is 0 Å². The standard InChI is InChI=1S/C27H24N4O3S.C18H17ClN4O.2C17H15ClN4O.2CH4/c32-25(14-7-15-26(33)34)31-23(17-22(28-31)24-13-8-16-35-24)21-18-30(20-11-5-2-6-12-20)29-27(21)19-9-3-1-4-10-19;1-11-9-13(4-5-14(11)19)22-18-23-15-10-12(3-6-16(15)24-18)17-20-7-2-8-21-17;1-10-8-12(3-4-13(10)18)21-17-22-14-9-11(2-5-15(14)23-17)16-19-6-7-20-16;1-10-8-12(3-4-13(10)18)21-17-22-14-5-2-11(9-15(14)23-17)16-19-6-7-20-16;;/h1-6,8-13,16,18,23H,7,14-15,17H2,(H,33,34);3-6,9-10H,2,7-8H2,1H3,(H,20,21)(H,22,23);2*2-5,8-9H,6-7H2,1H3,(H,19,20)(H,21,22);2*1H4. The summed E-state index contributed by atoms with van der Waals surface area (Å²) in [6.07, 6.45) is 3.96. The van der Waals surface area contributed by atoms with E-state index in [4.69, 9.17) is 63.4 Å². The highest BCUT2D eigenvalue weighted by Crippen LogP contribution is 2.40. The minimum Gasteiger partial charge on any atom is -0.481 e. The van der Waals surface area contributed by atoms with E-state index >= 15 is 0 Å². The molecule has 8 aromatic carbocycles. The Bertz CT molecular complexity index is 5290. The van der Waals surface area contributed by atoms with Crippen molar-refractivity contribution >= 4 is 150 Å². The largest absolute Gasteiger partial charge is 0.481 e. The van der Waals surface area contributed by atoms with Gasteiger partial charge in [-0.3, -0.25) is 24.6 Å². The van der Waals surface area contributed by atoms with Crippen molar-refractivity contribution < 1.29 is 27.9 Å². The molecule has 0 radical (unpaired) electrons. The first kappa shape index (κ1) is 75.1. The van der Waals surface area contributed by atoms with E-state index in [1.807, 2.05) is 219 Å². The van der Waals surface area contributed by atoms with Crippen LogP contribution in [0.4, 0.5) is 35.1 Å². The van der Waals surface area contributed by atoms with Gasteiger partial charge in [0.15, 0.2) is 16.7 Å². The van der Waals surface area contributed by atoms with E-state index in [9.17, 15) is 9.59 Å². The third kappa shape index (κ3) is 18.4. The number of para-hydroxylation sites is 1. The number of carboxylic acids is 1. The molecule has 26 heteroatoms. The lowest BCUT2D eigenvalue weighted by Gasteiger charge is -2.21. The zero-order valence-corrected chi connectivity index (χ0v) is 60.4. The molecule has 1 amide bonds. The fourth-order valence-electron chi connectivity index (χ4n) is 12.1. The Morgan fingerprint density at radius 2 is 1.05 bits per heavy atom. The number of carbonyl (C=O) groups excluding carboxylic acids is 1. The smallest absolute Gasteiger partial charge is 0.303 e. The van der Waals surface area contributed by atoms with Crippen LogP contribution in [0.1, 0.15) is 96.8 Å². The SMILES string of the molecule is C.C.Cc1cc(Nc2nc3cc(C4=NCCCN4)ccc3o2)ccc1Cl.Cc1cc(Nc2nc3cc(C4=NCCN4)ccc3o2)ccc1Cl.Cc1cc(Nc2nc3ccc(C4=NCCN4)cc3o2)ccc1Cl.O=C(O)CCCC(=O)N1N=C(c2cccs2)CC1c1cn(-c2ccccc2)nc1-c1ccccc1. The van der Waals surface area contributed by atoms with Gasteiger partial charge in [-0.1, -0.05) is 104 Å². The number of amidine groups is 3. The minimum atomic E-state index is -0.908. The number of carboxylic acid groups (broad SMARTS) is 1. The summed E-state index contributed by atoms with van der Waals surface area (Å²) in [5.74, 6) is 1.65. The third-order valence-corrected chi connectivity index (χ3v) is 19.6. The van der Waals surface area contributed by atoms with Gasteiger partial charge in [0.2, 0.25) is 5.91 Å². The lowest BCUT2D eigenvalue weighted by molar-refractivity contribution is -0.137. The molecule has 4 aliphatic rings.